The van der Waals surface area contributed by atoms with Gasteiger partial charge in [0.25, 0.3) is 0 Å². The van der Waals surface area contributed by atoms with Gasteiger partial charge in [0.15, 0.2) is 0 Å². The smallest absolute Gasteiger partial charge is 0.242 e. The number of sulfonamides is 1. The molecule has 0 aliphatic rings. The van der Waals surface area contributed by atoms with Crippen molar-refractivity contribution in [2.45, 2.75) is 44.6 Å². The van der Waals surface area contributed by atoms with Crippen LogP contribution in [0.5, 0.6) is 5.75 Å². The number of hydrogen-bond donors (Lipinski definition) is 2. The van der Waals surface area contributed by atoms with E-state index in [9.17, 15) is 13.2 Å². The topological polar surface area (TPSA) is 84.5 Å². The lowest BCUT2D eigenvalue weighted by Crippen LogP contribution is -2.45. The molecule has 3 aromatic rings. The zero-order valence-corrected chi connectivity index (χ0v) is 20.0. The number of anilines is 1. The summed E-state index contributed by atoms with van der Waals surface area (Å²) >= 11 is 0. The summed E-state index contributed by atoms with van der Waals surface area (Å²) in [6, 6.07) is 20.5. The van der Waals surface area contributed by atoms with Crippen molar-refractivity contribution in [3.8, 4) is 5.75 Å². The summed E-state index contributed by atoms with van der Waals surface area (Å²) in [5, 5.41) is 2.91. The second kappa shape index (κ2) is 11.1. The standard InChI is InChI=1S/C26H30N2O4S/c1-4-21-13-9-10-14-23(21)27-26(29)24(18-20-11-7-6-8-12-20)28-33(30,31)22-15-16-25(32-5-2)19(3)17-22/h6-17,24,28H,4-5,18H2,1-3H3,(H,27,29). The summed E-state index contributed by atoms with van der Waals surface area (Å²) in [7, 11) is -3.95. The van der Waals surface area contributed by atoms with Crippen LogP contribution in [-0.2, 0) is 27.7 Å². The summed E-state index contributed by atoms with van der Waals surface area (Å²) in [6.07, 6.45) is 0.965. The molecular formula is C26H30N2O4S. The van der Waals surface area contributed by atoms with Gasteiger partial charge in [-0.2, -0.15) is 4.72 Å². The van der Waals surface area contributed by atoms with Crippen LogP contribution in [0.15, 0.2) is 77.7 Å². The number of rotatable bonds is 10. The van der Waals surface area contributed by atoms with Crippen LogP contribution >= 0.6 is 0 Å². The van der Waals surface area contributed by atoms with Gasteiger partial charge in [-0.05, 0) is 67.6 Å². The van der Waals surface area contributed by atoms with Crippen LogP contribution in [-0.4, -0.2) is 27.0 Å². The van der Waals surface area contributed by atoms with E-state index in [2.05, 4.69) is 10.0 Å². The highest BCUT2D eigenvalue weighted by molar-refractivity contribution is 7.89. The zero-order valence-electron chi connectivity index (χ0n) is 19.2. The minimum atomic E-state index is -3.95. The summed E-state index contributed by atoms with van der Waals surface area (Å²) in [6.45, 7) is 6.15. The Kier molecular flexibility index (Phi) is 8.25. The number of carbonyl (C=O) groups is 1. The van der Waals surface area contributed by atoms with Gasteiger partial charge in [0.1, 0.15) is 11.8 Å². The average Bonchev–Trinajstić information content (AvgIpc) is 2.81. The van der Waals surface area contributed by atoms with Gasteiger partial charge in [0.05, 0.1) is 11.5 Å². The molecule has 1 amide bonds. The predicted molar refractivity (Wildman–Crippen MR) is 131 cm³/mol. The second-order valence-electron chi connectivity index (χ2n) is 7.72. The Morgan fingerprint density at radius 3 is 2.33 bits per heavy atom. The van der Waals surface area contributed by atoms with E-state index >= 15 is 0 Å². The fourth-order valence-electron chi connectivity index (χ4n) is 3.57. The van der Waals surface area contributed by atoms with E-state index in [1.807, 2.05) is 68.4 Å². The first kappa shape index (κ1) is 24.5. The molecule has 0 aliphatic heterocycles. The Hall–Kier alpha value is -3.16. The average molecular weight is 467 g/mol. The Balaban J connectivity index is 1.89. The third-order valence-corrected chi connectivity index (χ3v) is 6.78. The second-order valence-corrected chi connectivity index (χ2v) is 9.44. The molecule has 33 heavy (non-hydrogen) atoms. The number of hydrogen-bond acceptors (Lipinski definition) is 4. The van der Waals surface area contributed by atoms with Crippen LogP contribution in [0.3, 0.4) is 0 Å². The molecule has 0 saturated heterocycles. The Morgan fingerprint density at radius 2 is 1.67 bits per heavy atom. The minimum absolute atomic E-state index is 0.0864. The van der Waals surface area contributed by atoms with Crippen LogP contribution < -0.4 is 14.8 Å². The summed E-state index contributed by atoms with van der Waals surface area (Å²) in [5.41, 5.74) is 3.22. The number of amides is 1. The molecule has 1 atom stereocenters. The number of aryl methyl sites for hydroxylation is 2. The highest BCUT2D eigenvalue weighted by atomic mass is 32.2. The maximum Gasteiger partial charge on any atom is 0.242 e. The number of carbonyl (C=O) groups excluding carboxylic acids is 1. The molecule has 7 heteroatoms. The van der Waals surface area contributed by atoms with E-state index in [0.717, 1.165) is 17.5 Å². The maximum absolute atomic E-state index is 13.2. The van der Waals surface area contributed by atoms with Crippen LogP contribution in [0, 0.1) is 6.92 Å². The minimum Gasteiger partial charge on any atom is -0.494 e. The van der Waals surface area contributed by atoms with Crippen molar-refractivity contribution in [1.29, 1.82) is 0 Å². The largest absolute Gasteiger partial charge is 0.494 e. The monoisotopic (exact) mass is 466 g/mol. The van der Waals surface area contributed by atoms with Gasteiger partial charge >= 0.3 is 0 Å². The molecule has 3 rings (SSSR count). The first-order chi connectivity index (χ1) is 15.8. The van der Waals surface area contributed by atoms with Crippen LogP contribution in [0.25, 0.3) is 0 Å². The molecule has 3 aromatic carbocycles. The highest BCUT2D eigenvalue weighted by Gasteiger charge is 2.27. The zero-order chi connectivity index (χ0) is 23.8. The van der Waals surface area contributed by atoms with E-state index in [4.69, 9.17) is 4.74 Å². The lowest BCUT2D eigenvalue weighted by molar-refractivity contribution is -0.117. The third kappa shape index (κ3) is 6.43. The van der Waals surface area contributed by atoms with Crippen LogP contribution in [0.2, 0.25) is 0 Å². The van der Waals surface area contributed by atoms with Crippen LogP contribution in [0.4, 0.5) is 5.69 Å². The number of ether oxygens (including phenoxy) is 1. The highest BCUT2D eigenvalue weighted by Crippen LogP contribution is 2.23. The summed E-state index contributed by atoms with van der Waals surface area (Å²) < 4.78 is 34.5. The normalized spacial score (nSPS) is 12.2. The van der Waals surface area contributed by atoms with E-state index < -0.39 is 22.0 Å². The molecule has 1 unspecified atom stereocenters. The molecular weight excluding hydrogens is 436 g/mol. The number of para-hydroxylation sites is 1. The molecule has 0 spiro atoms. The molecule has 0 saturated carbocycles. The van der Waals surface area contributed by atoms with Crippen molar-refractivity contribution in [2.75, 3.05) is 11.9 Å². The van der Waals surface area contributed by atoms with E-state index in [-0.39, 0.29) is 11.3 Å². The molecule has 0 aromatic heterocycles. The van der Waals surface area contributed by atoms with Crippen molar-refractivity contribution < 1.29 is 17.9 Å². The first-order valence-corrected chi connectivity index (χ1v) is 12.5. The van der Waals surface area contributed by atoms with Crippen LogP contribution in [0.1, 0.15) is 30.5 Å². The summed E-state index contributed by atoms with van der Waals surface area (Å²) in [4.78, 5) is 13.3. The van der Waals surface area contributed by atoms with Gasteiger partial charge in [-0.1, -0.05) is 55.5 Å². The molecule has 2 N–H and O–H groups in total. The fraction of sp³-hybridized carbons (Fsp3) is 0.269. The van der Waals surface area contributed by atoms with Crippen molar-refractivity contribution in [3.63, 3.8) is 0 Å². The molecule has 6 nitrogen and oxygen atoms in total. The van der Waals surface area contributed by atoms with Gasteiger partial charge in [-0.25, -0.2) is 8.42 Å². The van der Waals surface area contributed by atoms with Crippen molar-refractivity contribution >= 4 is 21.6 Å². The van der Waals surface area contributed by atoms with Gasteiger partial charge in [-0.15, -0.1) is 0 Å². The van der Waals surface area contributed by atoms with Gasteiger partial charge < -0.3 is 10.1 Å². The molecule has 0 heterocycles. The molecule has 0 aliphatic carbocycles. The molecule has 174 valence electrons. The fourth-order valence-corrected chi connectivity index (χ4v) is 4.85. The summed E-state index contributed by atoms with van der Waals surface area (Å²) in [5.74, 6) is 0.220. The molecule has 0 fully saturated rings. The first-order valence-electron chi connectivity index (χ1n) is 11.0. The van der Waals surface area contributed by atoms with E-state index in [0.29, 0.717) is 23.6 Å². The Bertz CT molecular complexity index is 1190. The molecule has 0 bridgehead atoms. The van der Waals surface area contributed by atoms with Gasteiger partial charge in [0.2, 0.25) is 15.9 Å². The Labute approximate surface area is 196 Å². The molecule has 0 radical (unpaired) electrons. The lowest BCUT2D eigenvalue weighted by Gasteiger charge is -2.20. The number of nitrogens with one attached hydrogen (secondary N) is 2. The van der Waals surface area contributed by atoms with Gasteiger partial charge in [0, 0.05) is 5.69 Å². The quantitative estimate of drug-likeness (QED) is 0.461. The SMILES string of the molecule is CCOc1ccc(S(=O)(=O)NC(Cc2ccccc2)C(=O)Nc2ccccc2CC)cc1C. The predicted octanol–water partition coefficient (Wildman–Crippen LogP) is 4.48. The Morgan fingerprint density at radius 1 is 0.970 bits per heavy atom. The van der Waals surface area contributed by atoms with E-state index in [1.54, 1.807) is 19.1 Å². The van der Waals surface area contributed by atoms with Crippen molar-refractivity contribution in [2.24, 2.45) is 0 Å². The van der Waals surface area contributed by atoms with Crippen molar-refractivity contribution in [3.05, 3.63) is 89.5 Å². The lowest BCUT2D eigenvalue weighted by atomic mass is 10.1. The van der Waals surface area contributed by atoms with Gasteiger partial charge in [-0.3, -0.25) is 4.79 Å². The van der Waals surface area contributed by atoms with E-state index in [1.165, 1.54) is 6.07 Å². The third-order valence-electron chi connectivity index (χ3n) is 5.31. The maximum atomic E-state index is 13.2. The van der Waals surface area contributed by atoms with Crippen molar-refractivity contribution in [1.82, 2.24) is 4.72 Å². The number of benzene rings is 3.